The Hall–Kier alpha value is -1.23. The molecule has 1 N–H and O–H groups in total. The highest BCUT2D eigenvalue weighted by Crippen LogP contribution is 2.26. The monoisotopic (exact) mass is 329 g/mol. The quantitative estimate of drug-likeness (QED) is 0.905. The van der Waals surface area contributed by atoms with Gasteiger partial charge in [-0.1, -0.05) is 42.3 Å². The van der Waals surface area contributed by atoms with E-state index < -0.39 is 10.0 Å². The molecule has 0 aliphatic rings. The number of halogens is 2. The van der Waals surface area contributed by atoms with Gasteiger partial charge in [-0.2, -0.15) is 0 Å². The van der Waals surface area contributed by atoms with Gasteiger partial charge in [-0.05, 0) is 42.3 Å². The van der Waals surface area contributed by atoms with Gasteiger partial charge in [0, 0.05) is 10.7 Å². The molecule has 0 aliphatic carbocycles. The van der Waals surface area contributed by atoms with Gasteiger partial charge in [0.25, 0.3) is 10.0 Å². The van der Waals surface area contributed by atoms with E-state index in [1.165, 1.54) is 18.2 Å². The molecule has 0 fully saturated rings. The standard InChI is InChI=1S/C14H13Cl2NO2S/c1-2-10-3-6-12(7-4-10)17-20(18,19)14-8-5-11(15)9-13(14)16/h3-9,17H,2H2,1H3. The zero-order valence-electron chi connectivity index (χ0n) is 10.7. The third kappa shape index (κ3) is 3.45. The number of anilines is 1. The third-order valence-electron chi connectivity index (χ3n) is 2.80. The van der Waals surface area contributed by atoms with Gasteiger partial charge in [-0.25, -0.2) is 8.42 Å². The van der Waals surface area contributed by atoms with Crippen LogP contribution in [0.1, 0.15) is 12.5 Å². The lowest BCUT2D eigenvalue weighted by Gasteiger charge is -2.10. The summed E-state index contributed by atoms with van der Waals surface area (Å²) in [6.45, 7) is 2.03. The molecule has 2 aromatic rings. The van der Waals surface area contributed by atoms with Crippen LogP contribution >= 0.6 is 23.2 Å². The van der Waals surface area contributed by atoms with Crippen LogP contribution in [0, 0.1) is 0 Å². The second-order valence-electron chi connectivity index (χ2n) is 4.23. The highest BCUT2D eigenvalue weighted by Gasteiger charge is 2.18. The van der Waals surface area contributed by atoms with Crippen molar-refractivity contribution in [3.8, 4) is 0 Å². The summed E-state index contributed by atoms with van der Waals surface area (Å²) in [5.74, 6) is 0. The molecule has 2 aromatic carbocycles. The maximum Gasteiger partial charge on any atom is 0.263 e. The normalized spacial score (nSPS) is 11.3. The van der Waals surface area contributed by atoms with Crippen LogP contribution in [0.25, 0.3) is 0 Å². The summed E-state index contributed by atoms with van der Waals surface area (Å²) in [7, 11) is -3.72. The lowest BCUT2D eigenvalue weighted by atomic mass is 10.2. The van der Waals surface area contributed by atoms with Gasteiger partial charge in [0.05, 0.1) is 5.02 Å². The summed E-state index contributed by atoms with van der Waals surface area (Å²) in [6, 6.07) is 11.5. The summed E-state index contributed by atoms with van der Waals surface area (Å²) < 4.78 is 27.0. The fourth-order valence-electron chi connectivity index (χ4n) is 1.71. The van der Waals surface area contributed by atoms with Crippen molar-refractivity contribution in [1.29, 1.82) is 0 Å². The fourth-order valence-corrected chi connectivity index (χ4v) is 3.54. The van der Waals surface area contributed by atoms with E-state index in [4.69, 9.17) is 23.2 Å². The summed E-state index contributed by atoms with van der Waals surface area (Å²) in [5, 5.41) is 0.483. The largest absolute Gasteiger partial charge is 0.280 e. The minimum atomic E-state index is -3.72. The van der Waals surface area contributed by atoms with E-state index in [0.717, 1.165) is 12.0 Å². The molecular weight excluding hydrogens is 317 g/mol. The zero-order chi connectivity index (χ0) is 14.8. The molecule has 0 radical (unpaired) electrons. The summed E-state index contributed by atoms with van der Waals surface area (Å²) in [5.41, 5.74) is 1.63. The second kappa shape index (κ2) is 6.04. The molecule has 0 unspecified atom stereocenters. The average Bonchev–Trinajstić information content (AvgIpc) is 2.38. The van der Waals surface area contributed by atoms with Crippen LogP contribution in [0.3, 0.4) is 0 Å². The predicted octanol–water partition coefficient (Wildman–Crippen LogP) is 4.36. The predicted molar refractivity (Wildman–Crippen MR) is 83.1 cm³/mol. The van der Waals surface area contributed by atoms with E-state index in [-0.39, 0.29) is 9.92 Å². The van der Waals surface area contributed by atoms with E-state index >= 15 is 0 Å². The Morgan fingerprint density at radius 1 is 1.05 bits per heavy atom. The topological polar surface area (TPSA) is 46.2 Å². The van der Waals surface area contributed by atoms with Gasteiger partial charge < -0.3 is 0 Å². The van der Waals surface area contributed by atoms with Crippen molar-refractivity contribution >= 4 is 38.9 Å². The third-order valence-corrected chi connectivity index (χ3v) is 4.90. The van der Waals surface area contributed by atoms with Gasteiger partial charge in [0.2, 0.25) is 0 Å². The molecule has 0 bridgehead atoms. The van der Waals surface area contributed by atoms with Crippen molar-refractivity contribution in [1.82, 2.24) is 0 Å². The Bertz CT molecular complexity index is 712. The summed E-state index contributed by atoms with van der Waals surface area (Å²) >= 11 is 11.7. The Morgan fingerprint density at radius 2 is 1.70 bits per heavy atom. The average molecular weight is 330 g/mol. The Balaban J connectivity index is 2.30. The van der Waals surface area contributed by atoms with Crippen LogP contribution in [0.4, 0.5) is 5.69 Å². The number of rotatable bonds is 4. The van der Waals surface area contributed by atoms with Crippen LogP contribution < -0.4 is 4.72 Å². The molecule has 6 heteroatoms. The summed E-state index contributed by atoms with van der Waals surface area (Å²) in [6.07, 6.45) is 0.899. The first-order valence-electron chi connectivity index (χ1n) is 5.99. The van der Waals surface area contributed by atoms with Crippen LogP contribution in [-0.4, -0.2) is 8.42 Å². The van der Waals surface area contributed by atoms with Gasteiger partial charge in [0.1, 0.15) is 4.90 Å². The van der Waals surface area contributed by atoms with Crippen molar-refractivity contribution in [3.05, 3.63) is 58.1 Å². The van der Waals surface area contributed by atoms with Crippen molar-refractivity contribution in [2.75, 3.05) is 4.72 Å². The Morgan fingerprint density at radius 3 is 2.25 bits per heavy atom. The molecule has 0 atom stereocenters. The first-order valence-corrected chi connectivity index (χ1v) is 8.23. The van der Waals surface area contributed by atoms with E-state index in [2.05, 4.69) is 4.72 Å². The molecule has 2 rings (SSSR count). The zero-order valence-corrected chi connectivity index (χ0v) is 13.1. The first kappa shape index (κ1) is 15.2. The van der Waals surface area contributed by atoms with Crippen LogP contribution in [0.15, 0.2) is 47.4 Å². The lowest BCUT2D eigenvalue weighted by molar-refractivity contribution is 0.601. The van der Waals surface area contributed by atoms with Crippen molar-refractivity contribution in [3.63, 3.8) is 0 Å². The molecule has 0 amide bonds. The lowest BCUT2D eigenvalue weighted by Crippen LogP contribution is -2.13. The molecule has 0 heterocycles. The van der Waals surface area contributed by atoms with Crippen LogP contribution in [-0.2, 0) is 16.4 Å². The van der Waals surface area contributed by atoms with E-state index in [9.17, 15) is 8.42 Å². The van der Waals surface area contributed by atoms with Crippen molar-refractivity contribution < 1.29 is 8.42 Å². The van der Waals surface area contributed by atoms with E-state index in [1.807, 2.05) is 19.1 Å². The minimum Gasteiger partial charge on any atom is -0.280 e. The first-order chi connectivity index (χ1) is 9.42. The van der Waals surface area contributed by atoms with E-state index in [0.29, 0.717) is 10.7 Å². The molecule has 0 spiro atoms. The molecule has 0 aromatic heterocycles. The molecule has 3 nitrogen and oxygen atoms in total. The molecule has 20 heavy (non-hydrogen) atoms. The van der Waals surface area contributed by atoms with Gasteiger partial charge in [-0.3, -0.25) is 4.72 Å². The molecule has 0 saturated carbocycles. The Kier molecular flexibility index (Phi) is 4.58. The van der Waals surface area contributed by atoms with Crippen molar-refractivity contribution in [2.24, 2.45) is 0 Å². The van der Waals surface area contributed by atoms with Crippen LogP contribution in [0.5, 0.6) is 0 Å². The Labute approximate surface area is 128 Å². The molecular formula is C14H13Cl2NO2S. The molecule has 106 valence electrons. The number of nitrogens with one attached hydrogen (secondary N) is 1. The fraction of sp³-hybridized carbons (Fsp3) is 0.143. The molecule has 0 saturated heterocycles. The number of hydrogen-bond acceptors (Lipinski definition) is 2. The summed E-state index contributed by atoms with van der Waals surface area (Å²) in [4.78, 5) is 0.00290. The van der Waals surface area contributed by atoms with E-state index in [1.54, 1.807) is 12.1 Å². The molecule has 0 aliphatic heterocycles. The van der Waals surface area contributed by atoms with Gasteiger partial charge >= 0.3 is 0 Å². The highest BCUT2D eigenvalue weighted by atomic mass is 35.5. The van der Waals surface area contributed by atoms with Crippen LogP contribution in [0.2, 0.25) is 10.0 Å². The number of sulfonamides is 1. The van der Waals surface area contributed by atoms with Gasteiger partial charge in [-0.15, -0.1) is 0 Å². The van der Waals surface area contributed by atoms with Crippen molar-refractivity contribution in [2.45, 2.75) is 18.2 Å². The maximum absolute atomic E-state index is 12.2. The smallest absolute Gasteiger partial charge is 0.263 e. The number of benzene rings is 2. The second-order valence-corrected chi connectivity index (χ2v) is 6.73. The number of hydrogen-bond donors (Lipinski definition) is 1. The highest BCUT2D eigenvalue weighted by molar-refractivity contribution is 7.92. The SMILES string of the molecule is CCc1ccc(NS(=O)(=O)c2ccc(Cl)cc2Cl)cc1. The minimum absolute atomic E-state index is 0.00290. The maximum atomic E-state index is 12.2. The van der Waals surface area contributed by atoms with Gasteiger partial charge in [0.15, 0.2) is 0 Å². The number of aryl methyl sites for hydroxylation is 1.